The first-order valence-electron chi connectivity index (χ1n) is 7.25. The number of amides is 1. The molecule has 124 valence electrons. The van der Waals surface area contributed by atoms with Crippen LogP contribution in [-0.4, -0.2) is 37.0 Å². The molecule has 1 aliphatic rings. The van der Waals surface area contributed by atoms with Gasteiger partial charge < -0.3 is 11.1 Å². The summed E-state index contributed by atoms with van der Waals surface area (Å²) in [7, 11) is 0. The summed E-state index contributed by atoms with van der Waals surface area (Å²) in [6.07, 6.45) is 1.69. The van der Waals surface area contributed by atoms with Crippen LogP contribution in [0.3, 0.4) is 0 Å². The molecule has 0 aliphatic carbocycles. The number of benzene rings is 1. The number of rotatable bonds is 5. The normalized spacial score (nSPS) is 18.6. The lowest BCUT2D eigenvalue weighted by Crippen LogP contribution is -2.43. The summed E-state index contributed by atoms with van der Waals surface area (Å²) in [6.45, 7) is 2.55. The highest BCUT2D eigenvalue weighted by molar-refractivity contribution is 5.85. The number of hydrogen-bond acceptors (Lipinski definition) is 3. The number of halogens is 3. The molecule has 1 aromatic rings. The average molecular weight is 334 g/mol. The summed E-state index contributed by atoms with van der Waals surface area (Å²) in [5.41, 5.74) is 5.70. The highest BCUT2D eigenvalue weighted by Gasteiger charge is 2.26. The van der Waals surface area contributed by atoms with Crippen molar-refractivity contribution >= 4 is 18.3 Å². The van der Waals surface area contributed by atoms with E-state index in [-0.39, 0.29) is 24.2 Å². The Hall–Kier alpha value is -1.24. The third kappa shape index (κ3) is 4.90. The first kappa shape index (κ1) is 18.8. The van der Waals surface area contributed by atoms with E-state index < -0.39 is 11.6 Å². The molecule has 1 atom stereocenters. The first-order chi connectivity index (χ1) is 10.1. The highest BCUT2D eigenvalue weighted by atomic mass is 35.5. The number of piperidine rings is 1. The standard InChI is InChI=1S/C15H21F2N3O.ClH/c16-13-5-1-3-11(14(13)17)9-20-8-2-4-12(10-20)15(21)19-7-6-18;/h1,3,5,12H,2,4,6-10,18H2,(H,19,21);1H. The second kappa shape index (κ2) is 9.02. The quantitative estimate of drug-likeness (QED) is 0.862. The average Bonchev–Trinajstić information content (AvgIpc) is 2.50. The number of nitrogens with zero attached hydrogens (tertiary/aromatic N) is 1. The van der Waals surface area contributed by atoms with Crippen molar-refractivity contribution in [1.82, 2.24) is 10.2 Å². The Kier molecular flexibility index (Phi) is 7.72. The monoisotopic (exact) mass is 333 g/mol. The molecule has 7 heteroatoms. The van der Waals surface area contributed by atoms with Gasteiger partial charge in [0, 0.05) is 31.7 Å². The maximum Gasteiger partial charge on any atom is 0.224 e. The Morgan fingerprint density at radius 3 is 2.91 bits per heavy atom. The number of nitrogens with two attached hydrogens (primary N) is 1. The zero-order chi connectivity index (χ0) is 15.2. The predicted molar refractivity (Wildman–Crippen MR) is 83.7 cm³/mol. The molecule has 1 aromatic carbocycles. The molecule has 1 fully saturated rings. The van der Waals surface area contributed by atoms with Crippen LogP contribution in [0.15, 0.2) is 18.2 Å². The molecule has 22 heavy (non-hydrogen) atoms. The van der Waals surface area contributed by atoms with E-state index in [1.807, 2.05) is 4.90 Å². The van der Waals surface area contributed by atoms with Crippen molar-refractivity contribution in [2.24, 2.45) is 11.7 Å². The van der Waals surface area contributed by atoms with Gasteiger partial charge in [-0.25, -0.2) is 8.78 Å². The van der Waals surface area contributed by atoms with Crippen molar-refractivity contribution in [2.75, 3.05) is 26.2 Å². The molecule has 1 unspecified atom stereocenters. The second-order valence-electron chi connectivity index (χ2n) is 5.37. The largest absolute Gasteiger partial charge is 0.355 e. The molecular formula is C15H22ClF2N3O. The molecule has 0 aromatic heterocycles. The van der Waals surface area contributed by atoms with Gasteiger partial charge in [0.25, 0.3) is 0 Å². The minimum Gasteiger partial charge on any atom is -0.355 e. The van der Waals surface area contributed by atoms with Gasteiger partial charge in [-0.3, -0.25) is 9.69 Å². The number of hydrogen-bond donors (Lipinski definition) is 2. The van der Waals surface area contributed by atoms with Crippen LogP contribution >= 0.6 is 12.4 Å². The van der Waals surface area contributed by atoms with E-state index in [0.29, 0.717) is 31.7 Å². The van der Waals surface area contributed by atoms with E-state index in [2.05, 4.69) is 5.32 Å². The molecule has 1 saturated heterocycles. The van der Waals surface area contributed by atoms with E-state index >= 15 is 0 Å². The number of carbonyl (C=O) groups is 1. The van der Waals surface area contributed by atoms with Crippen LogP contribution in [0.2, 0.25) is 0 Å². The van der Waals surface area contributed by atoms with E-state index in [1.54, 1.807) is 6.07 Å². The van der Waals surface area contributed by atoms with Crippen molar-refractivity contribution in [3.8, 4) is 0 Å². The van der Waals surface area contributed by atoms with Gasteiger partial charge in [-0.05, 0) is 25.5 Å². The summed E-state index contributed by atoms with van der Waals surface area (Å²) >= 11 is 0. The molecule has 1 aliphatic heterocycles. The molecule has 4 nitrogen and oxygen atoms in total. The van der Waals surface area contributed by atoms with Crippen molar-refractivity contribution < 1.29 is 13.6 Å². The topological polar surface area (TPSA) is 58.4 Å². The molecule has 0 saturated carbocycles. The Morgan fingerprint density at radius 2 is 2.18 bits per heavy atom. The van der Waals surface area contributed by atoms with Gasteiger partial charge in [-0.1, -0.05) is 12.1 Å². The Morgan fingerprint density at radius 1 is 1.41 bits per heavy atom. The lowest BCUT2D eigenvalue weighted by Gasteiger charge is -2.32. The summed E-state index contributed by atoms with van der Waals surface area (Å²) in [5.74, 6) is -1.75. The molecule has 0 spiro atoms. The van der Waals surface area contributed by atoms with Crippen LogP contribution in [0.25, 0.3) is 0 Å². The van der Waals surface area contributed by atoms with Gasteiger partial charge >= 0.3 is 0 Å². The minimum absolute atomic E-state index is 0. The highest BCUT2D eigenvalue weighted by Crippen LogP contribution is 2.20. The van der Waals surface area contributed by atoms with Gasteiger partial charge in [0.05, 0.1) is 5.92 Å². The lowest BCUT2D eigenvalue weighted by atomic mass is 9.96. The Balaban J connectivity index is 0.00000242. The van der Waals surface area contributed by atoms with Crippen LogP contribution in [0, 0.1) is 17.6 Å². The maximum absolute atomic E-state index is 13.7. The van der Waals surface area contributed by atoms with Gasteiger partial charge in [0.15, 0.2) is 11.6 Å². The maximum atomic E-state index is 13.7. The Bertz CT molecular complexity index is 502. The van der Waals surface area contributed by atoms with E-state index in [9.17, 15) is 13.6 Å². The zero-order valence-corrected chi connectivity index (χ0v) is 13.2. The summed E-state index contributed by atoms with van der Waals surface area (Å²) in [4.78, 5) is 13.9. The molecule has 0 bridgehead atoms. The molecule has 2 rings (SSSR count). The van der Waals surface area contributed by atoms with Crippen LogP contribution in [0.5, 0.6) is 0 Å². The van der Waals surface area contributed by atoms with E-state index in [1.165, 1.54) is 6.07 Å². The molecule has 3 N–H and O–H groups in total. The van der Waals surface area contributed by atoms with Crippen LogP contribution in [-0.2, 0) is 11.3 Å². The van der Waals surface area contributed by atoms with Gasteiger partial charge in [-0.15, -0.1) is 12.4 Å². The predicted octanol–water partition coefficient (Wildman–Crippen LogP) is 1.67. The molecule has 1 amide bonds. The molecule has 0 radical (unpaired) electrons. The van der Waals surface area contributed by atoms with Crippen LogP contribution in [0.1, 0.15) is 18.4 Å². The SMILES string of the molecule is Cl.NCCNC(=O)C1CCCN(Cc2cccc(F)c2F)C1. The van der Waals surface area contributed by atoms with Crippen molar-refractivity contribution in [1.29, 1.82) is 0 Å². The lowest BCUT2D eigenvalue weighted by molar-refractivity contribution is -0.126. The smallest absolute Gasteiger partial charge is 0.224 e. The number of nitrogens with one attached hydrogen (secondary N) is 1. The fourth-order valence-electron chi connectivity index (χ4n) is 2.66. The fraction of sp³-hybridized carbons (Fsp3) is 0.533. The molecular weight excluding hydrogens is 312 g/mol. The summed E-state index contributed by atoms with van der Waals surface area (Å²) in [6, 6.07) is 4.19. The van der Waals surface area contributed by atoms with Gasteiger partial charge in [0.2, 0.25) is 5.91 Å². The minimum atomic E-state index is -0.832. The van der Waals surface area contributed by atoms with E-state index in [0.717, 1.165) is 25.5 Å². The first-order valence-corrected chi connectivity index (χ1v) is 7.25. The van der Waals surface area contributed by atoms with Gasteiger partial charge in [0.1, 0.15) is 0 Å². The number of likely N-dealkylation sites (tertiary alicyclic amines) is 1. The van der Waals surface area contributed by atoms with Crippen molar-refractivity contribution in [2.45, 2.75) is 19.4 Å². The van der Waals surface area contributed by atoms with Gasteiger partial charge in [-0.2, -0.15) is 0 Å². The fourth-order valence-corrected chi connectivity index (χ4v) is 2.66. The third-order valence-electron chi connectivity index (χ3n) is 3.75. The van der Waals surface area contributed by atoms with Crippen LogP contribution in [0.4, 0.5) is 8.78 Å². The summed E-state index contributed by atoms with van der Waals surface area (Å²) < 4.78 is 26.9. The third-order valence-corrected chi connectivity index (χ3v) is 3.75. The van der Waals surface area contributed by atoms with Crippen molar-refractivity contribution in [3.05, 3.63) is 35.4 Å². The van der Waals surface area contributed by atoms with E-state index in [4.69, 9.17) is 5.73 Å². The zero-order valence-electron chi connectivity index (χ0n) is 12.4. The number of carbonyl (C=O) groups excluding carboxylic acids is 1. The summed E-state index contributed by atoms with van der Waals surface area (Å²) in [5, 5.41) is 2.78. The molecule has 1 heterocycles. The van der Waals surface area contributed by atoms with Crippen LogP contribution < -0.4 is 11.1 Å². The second-order valence-corrected chi connectivity index (χ2v) is 5.37. The Labute approximate surface area is 135 Å². The van der Waals surface area contributed by atoms with Crippen molar-refractivity contribution in [3.63, 3.8) is 0 Å².